The second-order valence-corrected chi connectivity index (χ2v) is 5.46. The molecule has 0 saturated heterocycles. The van der Waals surface area contributed by atoms with E-state index in [9.17, 15) is 0 Å². The molecule has 3 heteroatoms. The summed E-state index contributed by atoms with van der Waals surface area (Å²) in [5.41, 5.74) is 3.77. The molecule has 2 rings (SSSR count). The molecule has 2 nitrogen and oxygen atoms in total. The quantitative estimate of drug-likeness (QED) is 0.805. The van der Waals surface area contributed by atoms with Gasteiger partial charge in [0, 0.05) is 18.0 Å². The third-order valence-corrected chi connectivity index (χ3v) is 4.00. The normalized spacial score (nSPS) is 20.4. The Morgan fingerprint density at radius 3 is 2.56 bits per heavy atom. The van der Waals surface area contributed by atoms with Crippen molar-refractivity contribution in [3.8, 4) is 0 Å². The summed E-state index contributed by atoms with van der Waals surface area (Å²) in [5.74, 6) is 1.87. The summed E-state index contributed by atoms with van der Waals surface area (Å²) in [6, 6.07) is 6.35. The highest BCUT2D eigenvalue weighted by Gasteiger charge is 2.13. The number of anilines is 1. The fourth-order valence-corrected chi connectivity index (χ4v) is 2.64. The van der Waals surface area contributed by atoms with Crippen molar-refractivity contribution in [1.29, 1.82) is 0 Å². The van der Waals surface area contributed by atoms with Gasteiger partial charge in [0.25, 0.3) is 0 Å². The van der Waals surface area contributed by atoms with E-state index in [0.29, 0.717) is 5.92 Å². The van der Waals surface area contributed by atoms with E-state index >= 15 is 0 Å². The lowest BCUT2D eigenvalue weighted by molar-refractivity contribution is 0.674. The van der Waals surface area contributed by atoms with Crippen LogP contribution >= 0.6 is 11.8 Å². The SMILES string of the molecule is Cc1cccc(C)c1NC1=NCC(C)CS1. The van der Waals surface area contributed by atoms with Gasteiger partial charge in [-0.2, -0.15) is 0 Å². The monoisotopic (exact) mass is 234 g/mol. The number of hydrogen-bond acceptors (Lipinski definition) is 3. The fraction of sp³-hybridized carbons (Fsp3) is 0.462. The summed E-state index contributed by atoms with van der Waals surface area (Å²) in [5, 5.41) is 4.52. The van der Waals surface area contributed by atoms with Gasteiger partial charge in [-0.3, -0.25) is 4.99 Å². The number of nitrogens with one attached hydrogen (secondary N) is 1. The van der Waals surface area contributed by atoms with E-state index in [2.05, 4.69) is 49.3 Å². The molecule has 16 heavy (non-hydrogen) atoms. The Morgan fingerprint density at radius 2 is 2.00 bits per heavy atom. The lowest BCUT2D eigenvalue weighted by Crippen LogP contribution is -2.19. The Kier molecular flexibility index (Phi) is 3.54. The Hall–Kier alpha value is -0.960. The van der Waals surface area contributed by atoms with Crippen LogP contribution in [0.1, 0.15) is 18.1 Å². The van der Waals surface area contributed by atoms with Gasteiger partial charge in [-0.25, -0.2) is 0 Å². The summed E-state index contributed by atoms with van der Waals surface area (Å²) in [6.45, 7) is 7.45. The van der Waals surface area contributed by atoms with Crippen molar-refractivity contribution in [2.45, 2.75) is 20.8 Å². The summed E-state index contributed by atoms with van der Waals surface area (Å²) >= 11 is 1.82. The van der Waals surface area contributed by atoms with Gasteiger partial charge >= 0.3 is 0 Å². The Labute approximate surface area is 102 Å². The lowest BCUT2D eigenvalue weighted by Gasteiger charge is -2.19. The number of nitrogens with zero attached hydrogens (tertiary/aromatic N) is 1. The fourth-order valence-electron chi connectivity index (χ4n) is 1.75. The van der Waals surface area contributed by atoms with Gasteiger partial charge in [-0.05, 0) is 30.9 Å². The number of benzene rings is 1. The van der Waals surface area contributed by atoms with Crippen LogP contribution < -0.4 is 5.32 Å². The molecule has 1 aromatic carbocycles. The average molecular weight is 234 g/mol. The van der Waals surface area contributed by atoms with Crippen LogP contribution in [-0.4, -0.2) is 17.5 Å². The molecule has 1 heterocycles. The molecule has 0 bridgehead atoms. The van der Waals surface area contributed by atoms with E-state index in [4.69, 9.17) is 0 Å². The predicted octanol–water partition coefficient (Wildman–Crippen LogP) is 3.45. The number of para-hydroxylation sites is 1. The van der Waals surface area contributed by atoms with E-state index < -0.39 is 0 Å². The maximum atomic E-state index is 4.56. The van der Waals surface area contributed by atoms with E-state index in [1.807, 2.05) is 11.8 Å². The van der Waals surface area contributed by atoms with E-state index in [1.54, 1.807) is 0 Å². The molecule has 1 aliphatic rings. The predicted molar refractivity (Wildman–Crippen MR) is 73.5 cm³/mol. The number of thioether (sulfide) groups is 1. The maximum absolute atomic E-state index is 4.56. The van der Waals surface area contributed by atoms with Crippen molar-refractivity contribution in [2.24, 2.45) is 10.9 Å². The Balaban J connectivity index is 2.15. The van der Waals surface area contributed by atoms with Crippen LogP contribution in [0.15, 0.2) is 23.2 Å². The second kappa shape index (κ2) is 4.91. The first-order valence-electron chi connectivity index (χ1n) is 5.67. The smallest absolute Gasteiger partial charge is 0.161 e. The van der Waals surface area contributed by atoms with Gasteiger partial charge < -0.3 is 5.32 Å². The summed E-state index contributed by atoms with van der Waals surface area (Å²) in [6.07, 6.45) is 0. The number of hydrogen-bond donors (Lipinski definition) is 1. The van der Waals surface area contributed by atoms with E-state index in [1.165, 1.54) is 16.8 Å². The van der Waals surface area contributed by atoms with Crippen LogP contribution in [0.5, 0.6) is 0 Å². The molecule has 0 saturated carbocycles. The highest BCUT2D eigenvalue weighted by atomic mass is 32.2. The second-order valence-electron chi connectivity index (χ2n) is 4.45. The average Bonchev–Trinajstić information content (AvgIpc) is 2.26. The Morgan fingerprint density at radius 1 is 1.31 bits per heavy atom. The molecule has 1 aliphatic heterocycles. The molecule has 86 valence electrons. The van der Waals surface area contributed by atoms with Crippen LogP contribution in [0.2, 0.25) is 0 Å². The molecule has 0 radical (unpaired) electrons. The number of amidine groups is 1. The molecule has 1 atom stereocenters. The first kappa shape index (κ1) is 11.5. The minimum absolute atomic E-state index is 0.702. The van der Waals surface area contributed by atoms with Crippen LogP contribution in [0.4, 0.5) is 5.69 Å². The minimum Gasteiger partial charge on any atom is -0.335 e. The molecular formula is C13H18N2S. The van der Waals surface area contributed by atoms with Crippen molar-refractivity contribution in [3.05, 3.63) is 29.3 Å². The van der Waals surface area contributed by atoms with Crippen molar-refractivity contribution >= 4 is 22.6 Å². The van der Waals surface area contributed by atoms with E-state index in [0.717, 1.165) is 17.5 Å². The first-order chi connectivity index (χ1) is 7.66. The topological polar surface area (TPSA) is 24.4 Å². The molecule has 1 N–H and O–H groups in total. The van der Waals surface area contributed by atoms with Crippen molar-refractivity contribution in [3.63, 3.8) is 0 Å². The third-order valence-electron chi connectivity index (χ3n) is 2.76. The zero-order valence-electron chi connectivity index (χ0n) is 10.1. The van der Waals surface area contributed by atoms with Gasteiger partial charge in [0.2, 0.25) is 0 Å². The van der Waals surface area contributed by atoms with Gasteiger partial charge in [-0.1, -0.05) is 36.9 Å². The van der Waals surface area contributed by atoms with Gasteiger partial charge in [0.05, 0.1) is 0 Å². The molecule has 0 spiro atoms. The Bertz CT molecular complexity index is 392. The minimum atomic E-state index is 0.702. The standard InChI is InChI=1S/C13H18N2S/c1-9-7-14-13(16-8-9)15-12-10(2)5-4-6-11(12)3/h4-6,9H,7-8H2,1-3H3,(H,14,15). The molecule has 0 aliphatic carbocycles. The van der Waals surface area contributed by atoms with Crippen molar-refractivity contribution < 1.29 is 0 Å². The largest absolute Gasteiger partial charge is 0.335 e. The van der Waals surface area contributed by atoms with Gasteiger partial charge in [0.15, 0.2) is 5.17 Å². The molecule has 0 fully saturated rings. The first-order valence-corrected chi connectivity index (χ1v) is 6.66. The molecule has 0 amide bonds. The lowest BCUT2D eigenvalue weighted by atomic mass is 10.1. The zero-order valence-corrected chi connectivity index (χ0v) is 10.9. The van der Waals surface area contributed by atoms with Crippen LogP contribution in [-0.2, 0) is 0 Å². The van der Waals surface area contributed by atoms with Gasteiger partial charge in [-0.15, -0.1) is 0 Å². The summed E-state index contributed by atoms with van der Waals surface area (Å²) in [7, 11) is 0. The highest BCUT2D eigenvalue weighted by Crippen LogP contribution is 2.24. The molecule has 1 aromatic rings. The summed E-state index contributed by atoms with van der Waals surface area (Å²) in [4.78, 5) is 4.56. The number of aliphatic imine (C=N–C) groups is 1. The highest BCUT2D eigenvalue weighted by molar-refractivity contribution is 8.14. The number of rotatable bonds is 1. The van der Waals surface area contributed by atoms with Crippen LogP contribution in [0, 0.1) is 19.8 Å². The van der Waals surface area contributed by atoms with E-state index in [-0.39, 0.29) is 0 Å². The molecule has 0 aromatic heterocycles. The zero-order chi connectivity index (χ0) is 11.5. The third kappa shape index (κ3) is 2.59. The number of aryl methyl sites for hydroxylation is 2. The van der Waals surface area contributed by atoms with Crippen LogP contribution in [0.3, 0.4) is 0 Å². The van der Waals surface area contributed by atoms with Gasteiger partial charge in [0.1, 0.15) is 0 Å². The summed E-state index contributed by atoms with van der Waals surface area (Å²) < 4.78 is 0. The van der Waals surface area contributed by atoms with Crippen LogP contribution in [0.25, 0.3) is 0 Å². The molecular weight excluding hydrogens is 216 g/mol. The van der Waals surface area contributed by atoms with Crippen molar-refractivity contribution in [1.82, 2.24) is 0 Å². The molecule has 1 unspecified atom stereocenters. The maximum Gasteiger partial charge on any atom is 0.161 e. The van der Waals surface area contributed by atoms with Crippen molar-refractivity contribution in [2.75, 3.05) is 17.6 Å².